The smallest absolute Gasteiger partial charge is 0.323 e. The maximum atomic E-state index is 13.4. The third-order valence-electron chi connectivity index (χ3n) is 6.69. The Bertz CT molecular complexity index is 831. The fourth-order valence-electron chi connectivity index (χ4n) is 5.09. The van der Waals surface area contributed by atoms with E-state index in [9.17, 15) is 14.4 Å². The predicted octanol–water partition coefficient (Wildman–Crippen LogP) is 4.48. The number of nitrogens with one attached hydrogen (secondary N) is 1. The molecule has 196 valence electrons. The highest BCUT2D eigenvalue weighted by Gasteiger charge is 2.52. The lowest BCUT2D eigenvalue weighted by molar-refractivity contribution is -0.161. The highest BCUT2D eigenvalue weighted by Crippen LogP contribution is 2.38. The number of hydrogen-bond donors (Lipinski definition) is 1. The van der Waals surface area contributed by atoms with E-state index < -0.39 is 23.6 Å². The fourth-order valence-corrected chi connectivity index (χ4v) is 5.09. The van der Waals surface area contributed by atoms with Gasteiger partial charge in [-0.3, -0.25) is 19.3 Å². The van der Waals surface area contributed by atoms with Gasteiger partial charge in [-0.1, -0.05) is 57.0 Å². The molecule has 0 aliphatic carbocycles. The van der Waals surface area contributed by atoms with Crippen LogP contribution in [0.25, 0.3) is 0 Å². The largest absolute Gasteiger partial charge is 0.466 e. The van der Waals surface area contributed by atoms with Crippen molar-refractivity contribution in [3.63, 3.8) is 0 Å². The molecule has 1 heterocycles. The van der Waals surface area contributed by atoms with Crippen LogP contribution in [-0.2, 0) is 30.4 Å². The molecule has 4 atom stereocenters. The first-order valence-electron chi connectivity index (χ1n) is 13.0. The van der Waals surface area contributed by atoms with Crippen molar-refractivity contribution in [2.75, 3.05) is 6.61 Å². The Balaban J connectivity index is 2.57. The minimum Gasteiger partial charge on any atom is -0.466 e. The van der Waals surface area contributed by atoms with Gasteiger partial charge in [0.1, 0.15) is 11.6 Å². The van der Waals surface area contributed by atoms with Gasteiger partial charge in [0, 0.05) is 25.6 Å². The van der Waals surface area contributed by atoms with Gasteiger partial charge in [-0.25, -0.2) is 0 Å². The number of carbonyl (C=O) groups excluding carboxylic acids is 3. The summed E-state index contributed by atoms with van der Waals surface area (Å²) in [6, 6.07) is 8.57. The second-order valence-electron chi connectivity index (χ2n) is 10.5. The van der Waals surface area contributed by atoms with Crippen LogP contribution in [0, 0.1) is 11.8 Å². The van der Waals surface area contributed by atoms with Crippen molar-refractivity contribution in [1.82, 2.24) is 10.2 Å². The zero-order valence-electron chi connectivity index (χ0n) is 22.5. The standard InChI is InChI=1S/C28H44N2O5/c1-8-20(9-2)16-23(29-19(4)31)25-22(26(32)34-10-3)17-24(27(33)35-28(5,6)7)30(25)18-21-14-12-11-13-15-21/h11-15,20,22-25H,8-10,16-18H2,1-7H3,(H,29,31)/t22-,23+,24-,25-/m1/s1. The molecule has 1 saturated heterocycles. The van der Waals surface area contributed by atoms with Gasteiger partial charge in [0.05, 0.1) is 12.5 Å². The van der Waals surface area contributed by atoms with E-state index in [-0.39, 0.29) is 30.5 Å². The molecular weight excluding hydrogens is 444 g/mol. The molecule has 35 heavy (non-hydrogen) atoms. The van der Waals surface area contributed by atoms with Gasteiger partial charge in [-0.2, -0.15) is 0 Å². The van der Waals surface area contributed by atoms with Crippen LogP contribution in [-0.4, -0.2) is 53.1 Å². The van der Waals surface area contributed by atoms with E-state index in [1.54, 1.807) is 6.92 Å². The van der Waals surface area contributed by atoms with Crippen molar-refractivity contribution in [2.24, 2.45) is 11.8 Å². The lowest BCUT2D eigenvalue weighted by atomic mass is 9.85. The van der Waals surface area contributed by atoms with Crippen LogP contribution >= 0.6 is 0 Å². The summed E-state index contributed by atoms with van der Waals surface area (Å²) in [5, 5.41) is 3.13. The van der Waals surface area contributed by atoms with Crippen LogP contribution in [0.1, 0.15) is 79.7 Å². The molecule has 1 amide bonds. The number of nitrogens with zero attached hydrogens (tertiary/aromatic N) is 1. The topological polar surface area (TPSA) is 84.9 Å². The predicted molar refractivity (Wildman–Crippen MR) is 136 cm³/mol. The summed E-state index contributed by atoms with van der Waals surface area (Å²) >= 11 is 0. The molecule has 2 rings (SSSR count). The Morgan fingerprint density at radius 3 is 2.20 bits per heavy atom. The molecule has 1 aromatic rings. The second kappa shape index (κ2) is 13.1. The summed E-state index contributed by atoms with van der Waals surface area (Å²) in [7, 11) is 0. The molecule has 0 spiro atoms. The highest BCUT2D eigenvalue weighted by atomic mass is 16.6. The van der Waals surface area contributed by atoms with Gasteiger partial charge >= 0.3 is 11.9 Å². The zero-order chi connectivity index (χ0) is 26.2. The van der Waals surface area contributed by atoms with E-state index in [1.807, 2.05) is 51.1 Å². The molecular formula is C28H44N2O5. The summed E-state index contributed by atoms with van der Waals surface area (Å²) in [5.41, 5.74) is 0.374. The summed E-state index contributed by atoms with van der Waals surface area (Å²) in [5.74, 6) is -1.00. The quantitative estimate of drug-likeness (QED) is 0.462. The van der Waals surface area contributed by atoms with Gasteiger partial charge in [0.25, 0.3) is 0 Å². The first kappa shape index (κ1) is 28.8. The third-order valence-corrected chi connectivity index (χ3v) is 6.69. The Morgan fingerprint density at radius 1 is 1.06 bits per heavy atom. The van der Waals surface area contributed by atoms with Crippen LogP contribution in [0.5, 0.6) is 0 Å². The van der Waals surface area contributed by atoms with Crippen LogP contribution < -0.4 is 5.32 Å². The molecule has 7 heteroatoms. The summed E-state index contributed by atoms with van der Waals surface area (Å²) in [4.78, 5) is 41.0. The summed E-state index contributed by atoms with van der Waals surface area (Å²) in [6.45, 7) is 13.8. The monoisotopic (exact) mass is 488 g/mol. The molecule has 0 aromatic heterocycles. The summed E-state index contributed by atoms with van der Waals surface area (Å²) < 4.78 is 11.3. The Kier molecular flexibility index (Phi) is 10.7. The van der Waals surface area contributed by atoms with Crippen molar-refractivity contribution in [3.05, 3.63) is 35.9 Å². The average Bonchev–Trinajstić information content (AvgIpc) is 3.15. The normalized spacial score (nSPS) is 21.5. The number of esters is 2. The van der Waals surface area contributed by atoms with Crippen LogP contribution in [0.3, 0.4) is 0 Å². The lowest BCUT2D eigenvalue weighted by Crippen LogP contribution is -2.55. The minimum atomic E-state index is -0.653. The molecule has 1 N–H and O–H groups in total. The van der Waals surface area contributed by atoms with E-state index in [0.29, 0.717) is 18.9 Å². The highest BCUT2D eigenvalue weighted by molar-refractivity contribution is 5.81. The van der Waals surface area contributed by atoms with Gasteiger partial charge in [0.2, 0.25) is 5.91 Å². The Labute approximate surface area is 210 Å². The maximum absolute atomic E-state index is 13.4. The first-order chi connectivity index (χ1) is 16.5. The molecule has 1 aliphatic heterocycles. The van der Waals surface area contributed by atoms with E-state index in [2.05, 4.69) is 24.1 Å². The number of ether oxygens (including phenoxy) is 2. The fraction of sp³-hybridized carbons (Fsp3) is 0.679. The molecule has 7 nitrogen and oxygen atoms in total. The van der Waals surface area contributed by atoms with Crippen molar-refractivity contribution in [3.8, 4) is 0 Å². The van der Waals surface area contributed by atoms with E-state index in [1.165, 1.54) is 6.92 Å². The number of likely N-dealkylation sites (tertiary alicyclic amines) is 1. The lowest BCUT2D eigenvalue weighted by Gasteiger charge is -2.38. The number of hydrogen-bond acceptors (Lipinski definition) is 6. The third kappa shape index (κ3) is 8.34. The molecule has 1 aliphatic rings. The summed E-state index contributed by atoms with van der Waals surface area (Å²) in [6.07, 6.45) is 2.96. The molecule has 0 radical (unpaired) electrons. The molecule has 1 fully saturated rings. The Morgan fingerprint density at radius 2 is 1.69 bits per heavy atom. The van der Waals surface area contributed by atoms with Gasteiger partial charge in [0.15, 0.2) is 0 Å². The number of amides is 1. The zero-order valence-corrected chi connectivity index (χ0v) is 22.5. The first-order valence-corrected chi connectivity index (χ1v) is 13.0. The van der Waals surface area contributed by atoms with Crippen molar-refractivity contribution < 1.29 is 23.9 Å². The Hall–Kier alpha value is -2.41. The van der Waals surface area contributed by atoms with Crippen LogP contribution in [0.4, 0.5) is 0 Å². The number of benzene rings is 1. The van der Waals surface area contributed by atoms with E-state index in [0.717, 1.165) is 24.8 Å². The van der Waals surface area contributed by atoms with Gasteiger partial charge in [-0.15, -0.1) is 0 Å². The second-order valence-corrected chi connectivity index (χ2v) is 10.5. The molecule has 0 unspecified atom stereocenters. The molecule has 0 bridgehead atoms. The van der Waals surface area contributed by atoms with Crippen molar-refractivity contribution in [1.29, 1.82) is 0 Å². The van der Waals surface area contributed by atoms with E-state index >= 15 is 0 Å². The van der Waals surface area contributed by atoms with Gasteiger partial charge < -0.3 is 14.8 Å². The van der Waals surface area contributed by atoms with E-state index in [4.69, 9.17) is 9.47 Å². The van der Waals surface area contributed by atoms with Crippen molar-refractivity contribution >= 4 is 17.8 Å². The maximum Gasteiger partial charge on any atom is 0.323 e. The van der Waals surface area contributed by atoms with Crippen LogP contribution in [0.2, 0.25) is 0 Å². The molecule has 0 saturated carbocycles. The van der Waals surface area contributed by atoms with Crippen LogP contribution in [0.15, 0.2) is 30.3 Å². The number of carbonyl (C=O) groups is 3. The van der Waals surface area contributed by atoms with Crippen molar-refractivity contribution in [2.45, 2.75) is 104 Å². The SMILES string of the molecule is CCOC(=O)[C@@H]1C[C@H](C(=O)OC(C)(C)C)N(Cc2ccccc2)[C@H]1[C@H](CC(CC)CC)NC(C)=O. The van der Waals surface area contributed by atoms with Gasteiger partial charge in [-0.05, 0) is 52.0 Å². The number of rotatable bonds is 11. The average molecular weight is 489 g/mol. The molecule has 1 aromatic carbocycles. The minimum absolute atomic E-state index is 0.149.